The number of carbonyl (C=O) groups is 1. The highest BCUT2D eigenvalue weighted by molar-refractivity contribution is 5.77. The van der Waals surface area contributed by atoms with Crippen molar-refractivity contribution in [2.75, 3.05) is 7.11 Å². The third kappa shape index (κ3) is 1.70. The molecular weight excluding hydrogens is 316 g/mol. The van der Waals surface area contributed by atoms with Gasteiger partial charge in [0.15, 0.2) is 0 Å². The molecule has 0 radical (unpaired) electrons. The second-order valence-electron chi connectivity index (χ2n) is 10.2. The van der Waals surface area contributed by atoms with Crippen molar-refractivity contribution in [3.63, 3.8) is 0 Å². The third-order valence-electron chi connectivity index (χ3n) is 9.15. The van der Waals surface area contributed by atoms with E-state index in [1.165, 1.54) is 20.0 Å². The molecule has 0 aromatic carbocycles. The number of rotatable bonds is 2. The zero-order valence-corrected chi connectivity index (χ0v) is 16.3. The van der Waals surface area contributed by atoms with Gasteiger partial charge in [0.1, 0.15) is 17.3 Å². The van der Waals surface area contributed by atoms with Crippen LogP contribution >= 0.6 is 0 Å². The van der Waals surface area contributed by atoms with Crippen LogP contribution in [-0.2, 0) is 19.0 Å². The molecule has 5 fully saturated rings. The zero-order valence-electron chi connectivity index (χ0n) is 16.3. The van der Waals surface area contributed by atoms with Gasteiger partial charge in [0.25, 0.3) is 0 Å². The summed E-state index contributed by atoms with van der Waals surface area (Å²) in [6.45, 7) is 9.16. The minimum atomic E-state index is -0.364. The van der Waals surface area contributed by atoms with Gasteiger partial charge in [-0.1, -0.05) is 27.2 Å². The molecule has 5 aliphatic rings. The standard InChI is InChI=1S/C21H32O4/c1-12(2)20-10-7-13-18(3)8-6-9-19(4,17(22)23-5)14(18)11-15-21(13,24-15)16(20)25-20/h12-16H,6-11H2,1-5H3/t13-,14-,15+,16+,18-,19-,20-,21-/m1/s1. The van der Waals surface area contributed by atoms with E-state index in [0.29, 0.717) is 17.8 Å². The Morgan fingerprint density at radius 3 is 2.56 bits per heavy atom. The summed E-state index contributed by atoms with van der Waals surface area (Å²) in [6.07, 6.45) is 7.14. The molecule has 3 aliphatic carbocycles. The largest absolute Gasteiger partial charge is 0.469 e. The summed E-state index contributed by atoms with van der Waals surface area (Å²) in [5, 5.41) is 0. The summed E-state index contributed by atoms with van der Waals surface area (Å²) in [7, 11) is 1.54. The quantitative estimate of drug-likeness (QED) is 0.564. The first-order valence-corrected chi connectivity index (χ1v) is 10.2. The lowest BCUT2D eigenvalue weighted by molar-refractivity contribution is -0.171. The number of ether oxygens (including phenoxy) is 3. The molecule has 0 bridgehead atoms. The Balaban J connectivity index is 1.52. The summed E-state index contributed by atoms with van der Waals surface area (Å²) in [5.74, 6) is 1.41. The second kappa shape index (κ2) is 4.62. The summed E-state index contributed by atoms with van der Waals surface area (Å²) >= 11 is 0. The second-order valence-corrected chi connectivity index (χ2v) is 10.2. The average Bonchev–Trinajstić information content (AvgIpc) is 3.45. The Morgan fingerprint density at radius 1 is 1.12 bits per heavy atom. The molecular formula is C21H32O4. The van der Waals surface area contributed by atoms with Crippen LogP contribution in [0.3, 0.4) is 0 Å². The van der Waals surface area contributed by atoms with Gasteiger partial charge in [0.05, 0.1) is 18.6 Å². The highest BCUT2D eigenvalue weighted by Crippen LogP contribution is 2.76. The highest BCUT2D eigenvalue weighted by Gasteiger charge is 2.85. The van der Waals surface area contributed by atoms with Crippen LogP contribution in [0.1, 0.15) is 66.2 Å². The lowest BCUT2D eigenvalue weighted by Crippen LogP contribution is -2.61. The van der Waals surface area contributed by atoms with E-state index in [-0.39, 0.29) is 40.2 Å². The molecule has 140 valence electrons. The topological polar surface area (TPSA) is 51.4 Å². The predicted octanol–water partition coefficient (Wildman–Crippen LogP) is 3.72. The predicted molar refractivity (Wildman–Crippen MR) is 93.0 cm³/mol. The molecule has 5 rings (SSSR count). The van der Waals surface area contributed by atoms with Crippen LogP contribution in [0.25, 0.3) is 0 Å². The van der Waals surface area contributed by atoms with Gasteiger partial charge in [-0.3, -0.25) is 4.79 Å². The van der Waals surface area contributed by atoms with Crippen LogP contribution in [-0.4, -0.2) is 36.5 Å². The van der Waals surface area contributed by atoms with Crippen LogP contribution in [0, 0.1) is 28.6 Å². The molecule has 0 N–H and O–H groups in total. The maximum atomic E-state index is 12.7. The average molecular weight is 348 g/mol. The Hall–Kier alpha value is -0.610. The normalized spacial score (nSPS) is 58.5. The van der Waals surface area contributed by atoms with Crippen LogP contribution in [0.5, 0.6) is 0 Å². The van der Waals surface area contributed by atoms with E-state index in [0.717, 1.165) is 25.7 Å². The van der Waals surface area contributed by atoms with E-state index in [1.807, 2.05) is 0 Å². The van der Waals surface area contributed by atoms with Crippen molar-refractivity contribution >= 4 is 5.97 Å². The first kappa shape index (κ1) is 16.6. The van der Waals surface area contributed by atoms with Gasteiger partial charge >= 0.3 is 5.97 Å². The smallest absolute Gasteiger partial charge is 0.311 e. The molecule has 0 aromatic heterocycles. The number of hydrogen-bond donors (Lipinski definition) is 0. The zero-order chi connectivity index (χ0) is 17.8. The minimum absolute atomic E-state index is 0.0217. The molecule has 2 aliphatic heterocycles. The summed E-state index contributed by atoms with van der Waals surface area (Å²) in [5.41, 5.74) is -0.197. The molecule has 0 unspecified atom stereocenters. The fourth-order valence-electron chi connectivity index (χ4n) is 7.73. The fourth-order valence-corrected chi connectivity index (χ4v) is 7.73. The first-order chi connectivity index (χ1) is 11.8. The van der Waals surface area contributed by atoms with Crippen molar-refractivity contribution in [3.05, 3.63) is 0 Å². The third-order valence-corrected chi connectivity index (χ3v) is 9.15. The summed E-state index contributed by atoms with van der Waals surface area (Å²) in [4.78, 5) is 12.7. The molecule has 1 spiro atoms. The number of carbonyl (C=O) groups excluding carboxylic acids is 1. The summed E-state index contributed by atoms with van der Waals surface area (Å²) < 4.78 is 18.1. The molecule has 0 amide bonds. The molecule has 8 atom stereocenters. The van der Waals surface area contributed by atoms with Crippen LogP contribution in [0.15, 0.2) is 0 Å². The molecule has 4 heteroatoms. The number of hydrogen-bond acceptors (Lipinski definition) is 4. The Bertz CT molecular complexity index is 631. The number of esters is 1. The van der Waals surface area contributed by atoms with Crippen molar-refractivity contribution in [1.82, 2.24) is 0 Å². The maximum Gasteiger partial charge on any atom is 0.311 e. The molecule has 0 aromatic rings. The van der Waals surface area contributed by atoms with Gasteiger partial charge in [-0.05, 0) is 62.2 Å². The summed E-state index contributed by atoms with van der Waals surface area (Å²) in [6, 6.07) is 0. The van der Waals surface area contributed by atoms with E-state index in [2.05, 4.69) is 27.7 Å². The first-order valence-electron chi connectivity index (χ1n) is 10.2. The Morgan fingerprint density at radius 2 is 1.88 bits per heavy atom. The number of fused-ring (bicyclic) bond motifs is 3. The monoisotopic (exact) mass is 348 g/mol. The minimum Gasteiger partial charge on any atom is -0.469 e. The van der Waals surface area contributed by atoms with E-state index < -0.39 is 0 Å². The SMILES string of the molecule is COC(=O)[C@]1(C)CCC[C@]2(C)[C@H]3CC[C@]4(C(C)C)O[C@@H]4[C@@]34O[C@H]4C[C@H]21. The fraction of sp³-hybridized carbons (Fsp3) is 0.952. The van der Waals surface area contributed by atoms with Crippen LogP contribution < -0.4 is 0 Å². The van der Waals surface area contributed by atoms with E-state index in [1.54, 1.807) is 0 Å². The van der Waals surface area contributed by atoms with Crippen molar-refractivity contribution < 1.29 is 19.0 Å². The maximum absolute atomic E-state index is 12.7. The van der Waals surface area contributed by atoms with Crippen LogP contribution in [0.4, 0.5) is 0 Å². The molecule has 3 saturated carbocycles. The highest BCUT2D eigenvalue weighted by atomic mass is 16.7. The van der Waals surface area contributed by atoms with Gasteiger partial charge in [0, 0.05) is 0 Å². The van der Waals surface area contributed by atoms with Crippen molar-refractivity contribution in [3.8, 4) is 0 Å². The van der Waals surface area contributed by atoms with E-state index >= 15 is 0 Å². The van der Waals surface area contributed by atoms with Gasteiger partial charge in [-0.25, -0.2) is 0 Å². The Labute approximate surface area is 151 Å². The van der Waals surface area contributed by atoms with Crippen molar-refractivity contribution in [1.29, 1.82) is 0 Å². The molecule has 2 saturated heterocycles. The van der Waals surface area contributed by atoms with E-state index in [4.69, 9.17) is 14.2 Å². The van der Waals surface area contributed by atoms with E-state index in [9.17, 15) is 4.79 Å². The number of methoxy groups -OCH3 is 1. The van der Waals surface area contributed by atoms with Crippen molar-refractivity contribution in [2.24, 2.45) is 28.6 Å². The molecule has 25 heavy (non-hydrogen) atoms. The molecule has 4 nitrogen and oxygen atoms in total. The lowest BCUT2D eigenvalue weighted by atomic mass is 9.43. The lowest BCUT2D eigenvalue weighted by Gasteiger charge is -2.58. The Kier molecular flexibility index (Phi) is 3.06. The molecule has 2 heterocycles. The van der Waals surface area contributed by atoms with Crippen LogP contribution in [0.2, 0.25) is 0 Å². The van der Waals surface area contributed by atoms with Gasteiger partial charge in [-0.2, -0.15) is 0 Å². The van der Waals surface area contributed by atoms with Gasteiger partial charge in [-0.15, -0.1) is 0 Å². The van der Waals surface area contributed by atoms with Gasteiger partial charge < -0.3 is 14.2 Å². The van der Waals surface area contributed by atoms with Crippen molar-refractivity contribution in [2.45, 2.75) is 89.6 Å². The van der Waals surface area contributed by atoms with Gasteiger partial charge in [0.2, 0.25) is 0 Å². The number of epoxide rings is 2.